The number of nitrogens with one attached hydrogen (secondary N) is 1. The summed E-state index contributed by atoms with van der Waals surface area (Å²) in [5.41, 5.74) is 0.548. The van der Waals surface area contributed by atoms with Gasteiger partial charge in [0.25, 0.3) is 11.6 Å². The minimum absolute atomic E-state index is 0.110. The second-order valence-corrected chi connectivity index (χ2v) is 5.25. The van der Waals surface area contributed by atoms with Gasteiger partial charge in [-0.15, -0.1) is 0 Å². The van der Waals surface area contributed by atoms with Crippen molar-refractivity contribution in [3.05, 3.63) is 39.4 Å². The Morgan fingerprint density at radius 2 is 2.00 bits per heavy atom. The first kappa shape index (κ1) is 16.6. The van der Waals surface area contributed by atoms with Crippen molar-refractivity contribution in [2.24, 2.45) is 5.92 Å². The van der Waals surface area contributed by atoms with Crippen molar-refractivity contribution >= 4 is 17.6 Å². The zero-order valence-electron chi connectivity index (χ0n) is 12.1. The predicted octanol–water partition coefficient (Wildman–Crippen LogP) is 2.13. The smallest absolute Gasteiger partial charge is 0.326 e. The predicted molar refractivity (Wildman–Crippen MR) is 76.2 cm³/mol. The van der Waals surface area contributed by atoms with Crippen LogP contribution in [0.15, 0.2) is 18.2 Å². The first-order valence-corrected chi connectivity index (χ1v) is 6.51. The molecule has 1 amide bonds. The number of non-ortho nitro benzene ring substituents is 1. The van der Waals surface area contributed by atoms with Crippen molar-refractivity contribution in [1.29, 1.82) is 0 Å². The molecule has 1 aromatic rings. The molecule has 0 heterocycles. The van der Waals surface area contributed by atoms with Crippen LogP contribution in [0.25, 0.3) is 0 Å². The van der Waals surface area contributed by atoms with E-state index in [1.54, 1.807) is 6.92 Å². The number of amides is 1. The number of carboxylic acids is 1. The summed E-state index contributed by atoms with van der Waals surface area (Å²) in [5, 5.41) is 22.2. The van der Waals surface area contributed by atoms with Crippen molar-refractivity contribution in [1.82, 2.24) is 5.32 Å². The highest BCUT2D eigenvalue weighted by Crippen LogP contribution is 2.17. The number of nitro groups is 1. The molecule has 0 bridgehead atoms. The molecule has 1 unspecified atom stereocenters. The molecule has 0 radical (unpaired) electrons. The van der Waals surface area contributed by atoms with Gasteiger partial charge in [0.1, 0.15) is 6.04 Å². The maximum absolute atomic E-state index is 12.1. The molecule has 7 heteroatoms. The van der Waals surface area contributed by atoms with E-state index in [4.69, 9.17) is 5.11 Å². The van der Waals surface area contributed by atoms with Crippen LogP contribution >= 0.6 is 0 Å². The van der Waals surface area contributed by atoms with E-state index in [-0.39, 0.29) is 17.2 Å². The lowest BCUT2D eigenvalue weighted by molar-refractivity contribution is -0.384. The highest BCUT2D eigenvalue weighted by atomic mass is 16.6. The molecule has 0 fully saturated rings. The number of carboxylic acid groups (broad SMARTS) is 1. The average Bonchev–Trinajstić information content (AvgIpc) is 2.36. The standard InChI is InChI=1S/C14H18N2O5/c1-8(2)6-12(14(18)19)15-13(17)11-5-4-10(16(20)21)7-9(11)3/h4-5,7-8,12H,6H2,1-3H3,(H,15,17)(H,18,19). The average molecular weight is 294 g/mol. The summed E-state index contributed by atoms with van der Waals surface area (Å²) >= 11 is 0. The number of hydrogen-bond acceptors (Lipinski definition) is 4. The number of rotatable bonds is 6. The van der Waals surface area contributed by atoms with Crippen LogP contribution in [0.3, 0.4) is 0 Å². The van der Waals surface area contributed by atoms with Gasteiger partial charge < -0.3 is 10.4 Å². The third-order valence-corrected chi connectivity index (χ3v) is 2.98. The Morgan fingerprint density at radius 1 is 1.38 bits per heavy atom. The molecule has 0 spiro atoms. The van der Waals surface area contributed by atoms with E-state index in [0.29, 0.717) is 12.0 Å². The third-order valence-electron chi connectivity index (χ3n) is 2.98. The number of nitrogens with zero attached hydrogens (tertiary/aromatic N) is 1. The van der Waals surface area contributed by atoms with Crippen LogP contribution < -0.4 is 5.32 Å². The van der Waals surface area contributed by atoms with Crippen LogP contribution in [0.4, 0.5) is 5.69 Å². The largest absolute Gasteiger partial charge is 0.480 e. The second kappa shape index (κ2) is 6.83. The molecule has 0 aliphatic rings. The molecule has 0 aliphatic carbocycles. The van der Waals surface area contributed by atoms with Crippen LogP contribution in [0, 0.1) is 23.0 Å². The van der Waals surface area contributed by atoms with E-state index >= 15 is 0 Å². The summed E-state index contributed by atoms with van der Waals surface area (Å²) in [5.74, 6) is -1.53. The lowest BCUT2D eigenvalue weighted by Gasteiger charge is -2.17. The van der Waals surface area contributed by atoms with Gasteiger partial charge in [-0.1, -0.05) is 13.8 Å². The molecule has 0 saturated carbocycles. The highest BCUT2D eigenvalue weighted by Gasteiger charge is 2.23. The Labute approximate surface area is 122 Å². The zero-order chi connectivity index (χ0) is 16.2. The van der Waals surface area contributed by atoms with Crippen LogP contribution in [0.2, 0.25) is 0 Å². The lowest BCUT2D eigenvalue weighted by atomic mass is 10.0. The number of aryl methyl sites for hydroxylation is 1. The molecule has 2 N–H and O–H groups in total. The lowest BCUT2D eigenvalue weighted by Crippen LogP contribution is -2.41. The van der Waals surface area contributed by atoms with Gasteiger partial charge in [0.2, 0.25) is 0 Å². The van der Waals surface area contributed by atoms with E-state index in [9.17, 15) is 19.7 Å². The van der Waals surface area contributed by atoms with E-state index in [1.807, 2.05) is 13.8 Å². The summed E-state index contributed by atoms with van der Waals surface area (Å²) in [4.78, 5) is 33.3. The molecule has 1 atom stereocenters. The molecule has 1 rings (SSSR count). The Bertz CT molecular complexity index is 568. The molecule has 7 nitrogen and oxygen atoms in total. The van der Waals surface area contributed by atoms with Crippen LogP contribution in [0.5, 0.6) is 0 Å². The number of hydrogen-bond donors (Lipinski definition) is 2. The number of nitro benzene ring substituents is 1. The summed E-state index contributed by atoms with van der Waals surface area (Å²) in [7, 11) is 0. The molecule has 0 saturated heterocycles. The number of carbonyl (C=O) groups is 2. The summed E-state index contributed by atoms with van der Waals surface area (Å²) in [6.45, 7) is 5.29. The molecule has 0 aromatic heterocycles. The molecule has 0 aliphatic heterocycles. The van der Waals surface area contributed by atoms with Gasteiger partial charge in [0, 0.05) is 17.7 Å². The van der Waals surface area contributed by atoms with Crippen LogP contribution in [-0.4, -0.2) is 27.9 Å². The van der Waals surface area contributed by atoms with Gasteiger partial charge in [-0.2, -0.15) is 0 Å². The number of carbonyl (C=O) groups excluding carboxylic acids is 1. The van der Waals surface area contributed by atoms with Crippen molar-refractivity contribution in [2.45, 2.75) is 33.2 Å². The summed E-state index contributed by atoms with van der Waals surface area (Å²) < 4.78 is 0. The summed E-state index contributed by atoms with van der Waals surface area (Å²) in [6, 6.07) is 2.86. The second-order valence-electron chi connectivity index (χ2n) is 5.25. The van der Waals surface area contributed by atoms with Gasteiger partial charge in [0.15, 0.2) is 0 Å². The molecule has 21 heavy (non-hydrogen) atoms. The minimum atomic E-state index is -1.10. The van der Waals surface area contributed by atoms with Crippen LogP contribution in [0.1, 0.15) is 36.2 Å². The number of aliphatic carboxylic acids is 1. The van der Waals surface area contributed by atoms with E-state index in [2.05, 4.69) is 5.32 Å². The fraction of sp³-hybridized carbons (Fsp3) is 0.429. The quantitative estimate of drug-likeness (QED) is 0.617. The monoisotopic (exact) mass is 294 g/mol. The highest BCUT2D eigenvalue weighted by molar-refractivity contribution is 5.98. The van der Waals surface area contributed by atoms with Crippen molar-refractivity contribution < 1.29 is 19.6 Å². The first-order valence-electron chi connectivity index (χ1n) is 6.51. The molecular weight excluding hydrogens is 276 g/mol. The molecular formula is C14H18N2O5. The van der Waals surface area contributed by atoms with Gasteiger partial charge in [0.05, 0.1) is 4.92 Å². The van der Waals surface area contributed by atoms with E-state index < -0.39 is 22.8 Å². The van der Waals surface area contributed by atoms with Gasteiger partial charge in [-0.25, -0.2) is 4.79 Å². The van der Waals surface area contributed by atoms with Gasteiger partial charge in [-0.3, -0.25) is 14.9 Å². The fourth-order valence-electron chi connectivity index (χ4n) is 1.95. The van der Waals surface area contributed by atoms with Crippen molar-refractivity contribution in [3.8, 4) is 0 Å². The van der Waals surface area contributed by atoms with E-state index in [1.165, 1.54) is 18.2 Å². The fourth-order valence-corrected chi connectivity index (χ4v) is 1.95. The SMILES string of the molecule is Cc1cc([N+](=O)[O-])ccc1C(=O)NC(CC(C)C)C(=O)O. The van der Waals surface area contributed by atoms with Gasteiger partial charge >= 0.3 is 5.97 Å². The number of benzene rings is 1. The Hall–Kier alpha value is -2.44. The summed E-state index contributed by atoms with van der Waals surface area (Å²) in [6.07, 6.45) is 0.313. The van der Waals surface area contributed by atoms with E-state index in [0.717, 1.165) is 0 Å². The minimum Gasteiger partial charge on any atom is -0.480 e. The third kappa shape index (κ3) is 4.55. The van der Waals surface area contributed by atoms with Crippen molar-refractivity contribution in [3.63, 3.8) is 0 Å². The molecule has 1 aromatic carbocycles. The first-order chi connectivity index (χ1) is 9.72. The Balaban J connectivity index is 2.92. The normalized spacial score (nSPS) is 12.0. The Kier molecular flexibility index (Phi) is 5.40. The Morgan fingerprint density at radius 3 is 2.43 bits per heavy atom. The maximum atomic E-state index is 12.1. The van der Waals surface area contributed by atoms with Crippen LogP contribution in [-0.2, 0) is 4.79 Å². The molecule has 114 valence electrons. The maximum Gasteiger partial charge on any atom is 0.326 e. The van der Waals surface area contributed by atoms with Crippen molar-refractivity contribution in [2.75, 3.05) is 0 Å². The topological polar surface area (TPSA) is 110 Å². The van der Waals surface area contributed by atoms with Gasteiger partial charge in [-0.05, 0) is 30.9 Å². The zero-order valence-corrected chi connectivity index (χ0v) is 12.1.